The highest BCUT2D eigenvalue weighted by Crippen LogP contribution is 2.17. The molecule has 0 spiro atoms. The third-order valence-electron chi connectivity index (χ3n) is 3.56. The van der Waals surface area contributed by atoms with Gasteiger partial charge in [0, 0.05) is 0 Å². The maximum atomic E-state index is 9.25. The first-order valence-electron chi connectivity index (χ1n) is 7.03. The summed E-state index contributed by atoms with van der Waals surface area (Å²) in [6, 6.07) is 6.02. The van der Waals surface area contributed by atoms with Crippen LogP contribution in [0.25, 0.3) is 0 Å². The molecule has 102 valence electrons. The fourth-order valence-corrected chi connectivity index (χ4v) is 2.43. The number of aliphatic hydroxyl groups is 2. The Balaban J connectivity index is 2.47. The summed E-state index contributed by atoms with van der Waals surface area (Å²) < 4.78 is 0. The molecule has 0 heterocycles. The summed E-state index contributed by atoms with van der Waals surface area (Å²) in [5.74, 6) is 0.809. The summed E-state index contributed by atoms with van der Waals surface area (Å²) >= 11 is 0. The number of rotatable bonds is 8. The first-order chi connectivity index (χ1) is 8.71. The Morgan fingerprint density at radius 1 is 1.06 bits per heavy atom. The van der Waals surface area contributed by atoms with Gasteiger partial charge in [-0.05, 0) is 35.4 Å². The van der Waals surface area contributed by atoms with Crippen LogP contribution in [0.2, 0.25) is 0 Å². The molecule has 0 saturated heterocycles. The number of hydrogen-bond donors (Lipinski definition) is 2. The van der Waals surface area contributed by atoms with Crippen molar-refractivity contribution in [3.63, 3.8) is 0 Å². The molecule has 0 radical (unpaired) electrons. The number of benzene rings is 1. The summed E-state index contributed by atoms with van der Waals surface area (Å²) in [6.45, 7) is 4.56. The van der Waals surface area contributed by atoms with E-state index in [0.717, 1.165) is 23.5 Å². The molecule has 1 aromatic carbocycles. The molecule has 0 saturated carbocycles. The van der Waals surface area contributed by atoms with Crippen molar-refractivity contribution in [2.24, 2.45) is 5.92 Å². The van der Waals surface area contributed by atoms with Gasteiger partial charge in [0.25, 0.3) is 0 Å². The molecular weight excluding hydrogens is 224 g/mol. The lowest BCUT2D eigenvalue weighted by Gasteiger charge is -2.11. The summed E-state index contributed by atoms with van der Waals surface area (Å²) in [5, 5.41) is 18.4. The second-order valence-corrected chi connectivity index (χ2v) is 5.21. The largest absolute Gasteiger partial charge is 0.392 e. The summed E-state index contributed by atoms with van der Waals surface area (Å²) in [4.78, 5) is 0. The molecule has 1 unspecified atom stereocenters. The van der Waals surface area contributed by atoms with E-state index in [-0.39, 0.29) is 13.2 Å². The topological polar surface area (TPSA) is 40.5 Å². The van der Waals surface area contributed by atoms with Crippen LogP contribution in [0.5, 0.6) is 0 Å². The van der Waals surface area contributed by atoms with Gasteiger partial charge in [-0.3, -0.25) is 0 Å². The quantitative estimate of drug-likeness (QED) is 0.742. The molecule has 1 rings (SSSR count). The van der Waals surface area contributed by atoms with E-state index in [1.807, 2.05) is 12.1 Å². The number of hydrogen-bond acceptors (Lipinski definition) is 2. The molecule has 0 bridgehead atoms. The van der Waals surface area contributed by atoms with Gasteiger partial charge in [-0.15, -0.1) is 0 Å². The van der Waals surface area contributed by atoms with Gasteiger partial charge in [-0.1, -0.05) is 51.3 Å². The average molecular weight is 250 g/mol. The molecule has 1 atom stereocenters. The first kappa shape index (κ1) is 15.2. The van der Waals surface area contributed by atoms with Crippen molar-refractivity contribution in [1.82, 2.24) is 0 Å². The predicted molar refractivity (Wildman–Crippen MR) is 75.3 cm³/mol. The van der Waals surface area contributed by atoms with Gasteiger partial charge >= 0.3 is 0 Å². The fourth-order valence-electron chi connectivity index (χ4n) is 2.43. The lowest BCUT2D eigenvalue weighted by atomic mass is 9.96. The lowest BCUT2D eigenvalue weighted by molar-refractivity contribution is 0.260. The van der Waals surface area contributed by atoms with E-state index < -0.39 is 0 Å². The SMILES string of the molecule is CCCC(C)CCCc1ccc(CO)c(CO)c1. The minimum atomic E-state index is 0.00368. The third-order valence-corrected chi connectivity index (χ3v) is 3.56. The highest BCUT2D eigenvalue weighted by molar-refractivity contribution is 5.31. The Bertz CT molecular complexity index is 347. The molecular formula is C16H26O2. The lowest BCUT2D eigenvalue weighted by Crippen LogP contribution is -1.98. The second kappa shape index (κ2) is 8.28. The van der Waals surface area contributed by atoms with E-state index >= 15 is 0 Å². The minimum Gasteiger partial charge on any atom is -0.392 e. The Kier molecular flexibility index (Phi) is 6.99. The van der Waals surface area contributed by atoms with Gasteiger partial charge in [0.05, 0.1) is 13.2 Å². The standard InChI is InChI=1S/C16H26O2/c1-3-5-13(2)6-4-7-14-8-9-15(11-17)16(10-14)12-18/h8-10,13,17-18H,3-7,11-12H2,1-2H3. The normalized spacial score (nSPS) is 12.7. The van der Waals surface area contributed by atoms with Crippen LogP contribution in [0.1, 0.15) is 56.2 Å². The Hall–Kier alpha value is -0.860. The van der Waals surface area contributed by atoms with Crippen molar-refractivity contribution >= 4 is 0 Å². The van der Waals surface area contributed by atoms with Crippen LogP contribution < -0.4 is 0 Å². The van der Waals surface area contributed by atoms with Gasteiger partial charge in [0.15, 0.2) is 0 Å². The smallest absolute Gasteiger partial charge is 0.0685 e. The molecule has 1 aromatic rings. The van der Waals surface area contributed by atoms with Crippen LogP contribution >= 0.6 is 0 Å². The Labute approximate surface area is 111 Å². The zero-order chi connectivity index (χ0) is 13.4. The van der Waals surface area contributed by atoms with Crippen molar-refractivity contribution in [3.8, 4) is 0 Å². The monoisotopic (exact) mass is 250 g/mol. The van der Waals surface area contributed by atoms with E-state index in [0.29, 0.717) is 0 Å². The van der Waals surface area contributed by atoms with Crippen LogP contribution in [0.4, 0.5) is 0 Å². The highest BCUT2D eigenvalue weighted by atomic mass is 16.3. The van der Waals surface area contributed by atoms with Crippen LogP contribution in [-0.2, 0) is 19.6 Å². The van der Waals surface area contributed by atoms with Crippen molar-refractivity contribution in [3.05, 3.63) is 34.9 Å². The summed E-state index contributed by atoms with van der Waals surface area (Å²) in [6.07, 6.45) is 6.10. The van der Waals surface area contributed by atoms with Crippen LogP contribution in [0.3, 0.4) is 0 Å². The molecule has 2 N–H and O–H groups in total. The minimum absolute atomic E-state index is 0.00368. The van der Waals surface area contributed by atoms with Gasteiger partial charge in [-0.25, -0.2) is 0 Å². The third kappa shape index (κ3) is 4.79. The van der Waals surface area contributed by atoms with E-state index in [2.05, 4.69) is 19.9 Å². The summed E-state index contributed by atoms with van der Waals surface area (Å²) in [5.41, 5.74) is 2.96. The van der Waals surface area contributed by atoms with Crippen molar-refractivity contribution in [2.75, 3.05) is 0 Å². The van der Waals surface area contributed by atoms with Crippen molar-refractivity contribution in [2.45, 2.75) is 59.2 Å². The van der Waals surface area contributed by atoms with Crippen LogP contribution in [-0.4, -0.2) is 10.2 Å². The Morgan fingerprint density at radius 2 is 1.78 bits per heavy atom. The maximum Gasteiger partial charge on any atom is 0.0685 e. The van der Waals surface area contributed by atoms with Crippen LogP contribution in [0, 0.1) is 5.92 Å². The van der Waals surface area contributed by atoms with Gasteiger partial charge in [0.2, 0.25) is 0 Å². The number of aryl methyl sites for hydroxylation is 1. The average Bonchev–Trinajstić information content (AvgIpc) is 2.38. The van der Waals surface area contributed by atoms with E-state index in [9.17, 15) is 5.11 Å². The van der Waals surface area contributed by atoms with Gasteiger partial charge in [-0.2, -0.15) is 0 Å². The molecule has 0 aliphatic heterocycles. The van der Waals surface area contributed by atoms with E-state index in [1.165, 1.54) is 31.2 Å². The molecule has 0 aromatic heterocycles. The molecule has 2 heteroatoms. The van der Waals surface area contributed by atoms with Crippen LogP contribution in [0.15, 0.2) is 18.2 Å². The maximum absolute atomic E-state index is 9.25. The number of aliphatic hydroxyl groups excluding tert-OH is 2. The molecule has 0 fully saturated rings. The molecule has 0 aliphatic carbocycles. The zero-order valence-electron chi connectivity index (χ0n) is 11.7. The predicted octanol–water partition coefficient (Wildman–Crippen LogP) is 3.43. The first-order valence-corrected chi connectivity index (χ1v) is 7.03. The molecule has 0 aliphatic rings. The fraction of sp³-hybridized carbons (Fsp3) is 0.625. The van der Waals surface area contributed by atoms with Crippen molar-refractivity contribution < 1.29 is 10.2 Å². The van der Waals surface area contributed by atoms with Crippen molar-refractivity contribution in [1.29, 1.82) is 0 Å². The van der Waals surface area contributed by atoms with Gasteiger partial charge in [0.1, 0.15) is 0 Å². The molecule has 0 amide bonds. The van der Waals surface area contributed by atoms with E-state index in [1.54, 1.807) is 0 Å². The van der Waals surface area contributed by atoms with E-state index in [4.69, 9.17) is 5.11 Å². The molecule has 18 heavy (non-hydrogen) atoms. The highest BCUT2D eigenvalue weighted by Gasteiger charge is 2.04. The van der Waals surface area contributed by atoms with Gasteiger partial charge < -0.3 is 10.2 Å². The summed E-state index contributed by atoms with van der Waals surface area (Å²) in [7, 11) is 0. The zero-order valence-corrected chi connectivity index (χ0v) is 11.7. The molecule has 2 nitrogen and oxygen atoms in total. The Morgan fingerprint density at radius 3 is 2.39 bits per heavy atom. The second-order valence-electron chi connectivity index (χ2n) is 5.21.